The smallest absolute Gasteiger partial charge is 0.293 e. The van der Waals surface area contributed by atoms with Gasteiger partial charge in [-0.25, -0.2) is 0 Å². The van der Waals surface area contributed by atoms with E-state index >= 15 is 0 Å². The summed E-state index contributed by atoms with van der Waals surface area (Å²) in [5.41, 5.74) is 0. The molecule has 0 heterocycles. The van der Waals surface area contributed by atoms with Gasteiger partial charge in [0.15, 0.2) is 0 Å². The van der Waals surface area contributed by atoms with Crippen molar-refractivity contribution in [2.45, 2.75) is 39.2 Å². The van der Waals surface area contributed by atoms with Crippen molar-refractivity contribution in [3.63, 3.8) is 0 Å². The molecule has 0 amide bonds. The van der Waals surface area contributed by atoms with Crippen LogP contribution in [-0.2, 0) is 14.3 Å². The molecule has 0 aromatic heterocycles. The van der Waals surface area contributed by atoms with E-state index in [0.717, 1.165) is 19.3 Å². The van der Waals surface area contributed by atoms with Crippen molar-refractivity contribution in [3.05, 3.63) is 0 Å². The van der Waals surface area contributed by atoms with E-state index in [1.165, 1.54) is 0 Å². The lowest BCUT2D eigenvalue weighted by Gasteiger charge is -2.31. The maximum Gasteiger partial charge on any atom is 0.293 e. The molecule has 3 heteroatoms. The van der Waals surface area contributed by atoms with E-state index in [1.54, 1.807) is 6.92 Å². The second-order valence-electron chi connectivity index (χ2n) is 3.91. The van der Waals surface area contributed by atoms with E-state index in [4.69, 9.17) is 4.74 Å². The van der Waals surface area contributed by atoms with Gasteiger partial charge in [-0.05, 0) is 32.1 Å². The highest BCUT2D eigenvalue weighted by atomic mass is 16.5. The van der Waals surface area contributed by atoms with Gasteiger partial charge in [0.05, 0.1) is 5.92 Å². The Bertz CT molecular complexity index is 200. The SMILES string of the molecule is CC(=O)C1CCC(C)CC1OC=O. The van der Waals surface area contributed by atoms with Crippen molar-refractivity contribution < 1.29 is 14.3 Å². The number of carbonyl (C=O) groups excluding carboxylic acids is 2. The maximum atomic E-state index is 11.2. The quantitative estimate of drug-likeness (QED) is 0.625. The zero-order chi connectivity index (χ0) is 9.84. The Morgan fingerprint density at radius 3 is 2.69 bits per heavy atom. The number of hydrogen-bond donors (Lipinski definition) is 0. The monoisotopic (exact) mass is 184 g/mol. The van der Waals surface area contributed by atoms with Crippen LogP contribution in [0.5, 0.6) is 0 Å². The fourth-order valence-corrected chi connectivity index (χ4v) is 2.02. The summed E-state index contributed by atoms with van der Waals surface area (Å²) in [5, 5.41) is 0. The highest BCUT2D eigenvalue weighted by Crippen LogP contribution is 2.30. The molecule has 0 aliphatic heterocycles. The van der Waals surface area contributed by atoms with E-state index in [1.807, 2.05) is 0 Å². The van der Waals surface area contributed by atoms with Crippen LogP contribution in [0.15, 0.2) is 0 Å². The van der Waals surface area contributed by atoms with Gasteiger partial charge < -0.3 is 4.74 Å². The first-order valence-corrected chi connectivity index (χ1v) is 4.74. The van der Waals surface area contributed by atoms with E-state index in [0.29, 0.717) is 12.4 Å². The van der Waals surface area contributed by atoms with Gasteiger partial charge in [0.1, 0.15) is 11.9 Å². The molecule has 1 saturated carbocycles. The molecule has 13 heavy (non-hydrogen) atoms. The summed E-state index contributed by atoms with van der Waals surface area (Å²) in [4.78, 5) is 21.4. The zero-order valence-corrected chi connectivity index (χ0v) is 8.16. The topological polar surface area (TPSA) is 43.4 Å². The molecule has 3 unspecified atom stereocenters. The summed E-state index contributed by atoms with van der Waals surface area (Å²) >= 11 is 0. The molecule has 1 fully saturated rings. The van der Waals surface area contributed by atoms with Crippen LogP contribution >= 0.6 is 0 Å². The normalized spacial score (nSPS) is 33.8. The Labute approximate surface area is 78.5 Å². The standard InChI is InChI=1S/C10H16O3/c1-7-3-4-9(8(2)12)10(5-7)13-6-11/h6-7,9-10H,3-5H2,1-2H3. The molecule has 0 saturated heterocycles. The maximum absolute atomic E-state index is 11.2. The molecule has 0 bridgehead atoms. The summed E-state index contributed by atoms with van der Waals surface area (Å²) in [6.45, 7) is 4.15. The zero-order valence-electron chi connectivity index (χ0n) is 8.16. The van der Waals surface area contributed by atoms with Gasteiger partial charge in [-0.15, -0.1) is 0 Å². The first-order valence-electron chi connectivity index (χ1n) is 4.74. The minimum atomic E-state index is -0.182. The Balaban J connectivity index is 2.59. The number of ether oxygens (including phenoxy) is 1. The molecule has 0 radical (unpaired) electrons. The number of ketones is 1. The molecule has 3 nitrogen and oxygen atoms in total. The van der Waals surface area contributed by atoms with Crippen LogP contribution in [0.1, 0.15) is 33.1 Å². The van der Waals surface area contributed by atoms with Crippen molar-refractivity contribution in [3.8, 4) is 0 Å². The van der Waals surface area contributed by atoms with Gasteiger partial charge in [-0.1, -0.05) is 6.92 Å². The van der Waals surface area contributed by atoms with Crippen LogP contribution in [0.25, 0.3) is 0 Å². The highest BCUT2D eigenvalue weighted by Gasteiger charge is 2.32. The lowest BCUT2D eigenvalue weighted by Crippen LogP contribution is -2.34. The van der Waals surface area contributed by atoms with E-state index in [2.05, 4.69) is 6.92 Å². The molecular weight excluding hydrogens is 168 g/mol. The van der Waals surface area contributed by atoms with Crippen molar-refractivity contribution in [1.82, 2.24) is 0 Å². The number of rotatable bonds is 3. The van der Waals surface area contributed by atoms with Crippen molar-refractivity contribution in [2.24, 2.45) is 11.8 Å². The Morgan fingerprint density at radius 1 is 1.46 bits per heavy atom. The van der Waals surface area contributed by atoms with Crippen molar-refractivity contribution in [2.75, 3.05) is 0 Å². The number of carbonyl (C=O) groups is 2. The van der Waals surface area contributed by atoms with Crippen LogP contribution < -0.4 is 0 Å². The first kappa shape index (κ1) is 10.2. The van der Waals surface area contributed by atoms with Crippen LogP contribution in [-0.4, -0.2) is 18.4 Å². The fourth-order valence-electron chi connectivity index (χ4n) is 2.02. The molecular formula is C10H16O3. The minimum absolute atomic E-state index is 0.0681. The van der Waals surface area contributed by atoms with Gasteiger partial charge >= 0.3 is 0 Å². The lowest BCUT2D eigenvalue weighted by atomic mass is 9.79. The van der Waals surface area contributed by atoms with Gasteiger partial charge in [0.25, 0.3) is 6.47 Å². The summed E-state index contributed by atoms with van der Waals surface area (Å²) in [7, 11) is 0. The molecule has 74 valence electrons. The third-order valence-electron chi connectivity index (χ3n) is 2.81. The second kappa shape index (κ2) is 4.40. The largest absolute Gasteiger partial charge is 0.464 e. The Morgan fingerprint density at radius 2 is 2.15 bits per heavy atom. The van der Waals surface area contributed by atoms with Gasteiger partial charge in [-0.3, -0.25) is 9.59 Å². The predicted octanol–water partition coefficient (Wildman–Crippen LogP) is 1.55. The van der Waals surface area contributed by atoms with E-state index < -0.39 is 0 Å². The van der Waals surface area contributed by atoms with E-state index in [-0.39, 0.29) is 17.8 Å². The summed E-state index contributed by atoms with van der Waals surface area (Å²) in [6, 6.07) is 0. The van der Waals surface area contributed by atoms with Crippen molar-refractivity contribution >= 4 is 12.3 Å². The third kappa shape index (κ3) is 2.54. The summed E-state index contributed by atoms with van der Waals surface area (Å²) < 4.78 is 4.93. The van der Waals surface area contributed by atoms with Crippen LogP contribution in [0.2, 0.25) is 0 Å². The lowest BCUT2D eigenvalue weighted by molar-refractivity contribution is -0.143. The van der Waals surface area contributed by atoms with Crippen LogP contribution in [0, 0.1) is 11.8 Å². The number of hydrogen-bond acceptors (Lipinski definition) is 3. The molecule has 0 aromatic rings. The first-order chi connectivity index (χ1) is 6.15. The Kier molecular flexibility index (Phi) is 3.46. The third-order valence-corrected chi connectivity index (χ3v) is 2.81. The van der Waals surface area contributed by atoms with Crippen molar-refractivity contribution in [1.29, 1.82) is 0 Å². The fraction of sp³-hybridized carbons (Fsp3) is 0.800. The highest BCUT2D eigenvalue weighted by molar-refractivity contribution is 5.79. The molecule has 1 rings (SSSR count). The summed E-state index contributed by atoms with van der Waals surface area (Å²) in [6.07, 6.45) is 2.56. The number of Topliss-reactive ketones (excluding diaryl/α,β-unsaturated/α-hetero) is 1. The minimum Gasteiger partial charge on any atom is -0.464 e. The second-order valence-corrected chi connectivity index (χ2v) is 3.91. The molecule has 1 aliphatic rings. The van der Waals surface area contributed by atoms with Gasteiger partial charge in [0.2, 0.25) is 0 Å². The molecule has 0 spiro atoms. The molecule has 1 aliphatic carbocycles. The van der Waals surface area contributed by atoms with Gasteiger partial charge in [-0.2, -0.15) is 0 Å². The predicted molar refractivity (Wildman–Crippen MR) is 48.1 cm³/mol. The summed E-state index contributed by atoms with van der Waals surface area (Å²) in [5.74, 6) is 0.626. The average molecular weight is 184 g/mol. The van der Waals surface area contributed by atoms with Crippen LogP contribution in [0.4, 0.5) is 0 Å². The Hall–Kier alpha value is -0.860. The molecule has 0 aromatic carbocycles. The van der Waals surface area contributed by atoms with Crippen LogP contribution in [0.3, 0.4) is 0 Å². The molecule has 3 atom stereocenters. The average Bonchev–Trinajstić information content (AvgIpc) is 2.04. The van der Waals surface area contributed by atoms with Gasteiger partial charge in [0, 0.05) is 0 Å². The van der Waals surface area contributed by atoms with E-state index in [9.17, 15) is 9.59 Å². The molecule has 0 N–H and O–H groups in total.